The molecule has 1 aromatic carbocycles. The predicted octanol–water partition coefficient (Wildman–Crippen LogP) is 6.64. The van der Waals surface area contributed by atoms with Gasteiger partial charge < -0.3 is 5.11 Å². The van der Waals surface area contributed by atoms with Crippen LogP contribution in [0.4, 0.5) is 0 Å². The average molecular weight is 331 g/mol. The maximum Gasteiger partial charge on any atom is 0.303 e. The van der Waals surface area contributed by atoms with Crippen LogP contribution in [0.25, 0.3) is 6.08 Å². The SMILES string of the molecule is CCCCCc1ccccc1C=CCCCCCCCCC(=O)O. The highest BCUT2D eigenvalue weighted by Gasteiger charge is 1.98. The number of carboxylic acid groups (broad SMARTS) is 1. The molecule has 24 heavy (non-hydrogen) atoms. The van der Waals surface area contributed by atoms with E-state index in [9.17, 15) is 4.79 Å². The molecule has 0 unspecified atom stereocenters. The first-order chi connectivity index (χ1) is 11.7. The van der Waals surface area contributed by atoms with E-state index in [-0.39, 0.29) is 0 Å². The number of hydrogen-bond donors (Lipinski definition) is 1. The van der Waals surface area contributed by atoms with Crippen LogP contribution in [0.2, 0.25) is 0 Å². The van der Waals surface area contributed by atoms with Crippen LogP contribution < -0.4 is 0 Å². The van der Waals surface area contributed by atoms with Crippen LogP contribution in [-0.2, 0) is 11.2 Å². The van der Waals surface area contributed by atoms with Crippen molar-refractivity contribution in [3.8, 4) is 0 Å². The zero-order chi connectivity index (χ0) is 17.5. The molecule has 0 aromatic heterocycles. The lowest BCUT2D eigenvalue weighted by Crippen LogP contribution is -1.93. The molecular weight excluding hydrogens is 296 g/mol. The molecule has 0 amide bonds. The first-order valence-corrected chi connectivity index (χ1v) is 9.70. The van der Waals surface area contributed by atoms with Crippen molar-refractivity contribution in [1.82, 2.24) is 0 Å². The number of hydrogen-bond acceptors (Lipinski definition) is 1. The van der Waals surface area contributed by atoms with Gasteiger partial charge in [-0.15, -0.1) is 0 Å². The van der Waals surface area contributed by atoms with Gasteiger partial charge in [0.2, 0.25) is 0 Å². The fourth-order valence-corrected chi connectivity index (χ4v) is 2.95. The Bertz CT molecular complexity index is 477. The maximum absolute atomic E-state index is 10.4. The zero-order valence-electron chi connectivity index (χ0n) is 15.3. The van der Waals surface area contributed by atoms with E-state index in [4.69, 9.17) is 5.11 Å². The molecule has 0 fully saturated rings. The number of carbonyl (C=O) groups is 1. The van der Waals surface area contributed by atoms with Gasteiger partial charge in [0.1, 0.15) is 0 Å². The van der Waals surface area contributed by atoms with Crippen molar-refractivity contribution in [2.45, 2.75) is 84.0 Å². The van der Waals surface area contributed by atoms with Gasteiger partial charge in [-0.05, 0) is 43.2 Å². The van der Waals surface area contributed by atoms with Gasteiger partial charge in [0.15, 0.2) is 0 Å². The molecule has 2 nitrogen and oxygen atoms in total. The number of aryl methyl sites for hydroxylation is 1. The summed E-state index contributed by atoms with van der Waals surface area (Å²) >= 11 is 0. The van der Waals surface area contributed by atoms with Crippen LogP contribution in [0.1, 0.15) is 88.7 Å². The number of unbranched alkanes of at least 4 members (excludes halogenated alkanes) is 8. The molecule has 0 aliphatic carbocycles. The lowest BCUT2D eigenvalue weighted by atomic mass is 10.0. The highest BCUT2D eigenvalue weighted by atomic mass is 16.4. The van der Waals surface area contributed by atoms with E-state index >= 15 is 0 Å². The normalized spacial score (nSPS) is 11.2. The van der Waals surface area contributed by atoms with Gasteiger partial charge in [0, 0.05) is 6.42 Å². The number of carboxylic acids is 1. The quantitative estimate of drug-likeness (QED) is 0.388. The summed E-state index contributed by atoms with van der Waals surface area (Å²) in [6, 6.07) is 8.75. The molecule has 0 aliphatic rings. The second-order valence-corrected chi connectivity index (χ2v) is 6.61. The summed E-state index contributed by atoms with van der Waals surface area (Å²) in [5, 5.41) is 8.58. The summed E-state index contributed by atoms with van der Waals surface area (Å²) in [5.74, 6) is -0.671. The van der Waals surface area contributed by atoms with Crippen molar-refractivity contribution in [1.29, 1.82) is 0 Å². The number of aliphatic carboxylic acids is 1. The van der Waals surface area contributed by atoms with Gasteiger partial charge in [-0.25, -0.2) is 0 Å². The van der Waals surface area contributed by atoms with Crippen molar-refractivity contribution in [2.75, 3.05) is 0 Å². The van der Waals surface area contributed by atoms with Crippen LogP contribution in [0.5, 0.6) is 0 Å². The van der Waals surface area contributed by atoms with Crippen LogP contribution in [0.3, 0.4) is 0 Å². The number of rotatable bonds is 14. The molecule has 0 heterocycles. The Balaban J connectivity index is 2.15. The van der Waals surface area contributed by atoms with Gasteiger partial charge in [0.25, 0.3) is 0 Å². The van der Waals surface area contributed by atoms with E-state index in [1.807, 2.05) is 0 Å². The molecule has 134 valence electrons. The third kappa shape index (κ3) is 10.3. The summed E-state index contributed by atoms with van der Waals surface area (Å²) in [6.45, 7) is 2.25. The third-order valence-corrected chi connectivity index (χ3v) is 4.41. The minimum absolute atomic E-state index is 0.320. The Morgan fingerprint density at radius 1 is 0.958 bits per heavy atom. The number of benzene rings is 1. The number of allylic oxidation sites excluding steroid dienone is 1. The Kier molecular flexibility index (Phi) is 11.8. The van der Waals surface area contributed by atoms with Crippen LogP contribution in [0, 0.1) is 0 Å². The largest absolute Gasteiger partial charge is 0.481 e. The second kappa shape index (κ2) is 13.8. The van der Waals surface area contributed by atoms with Gasteiger partial charge in [-0.1, -0.05) is 81.9 Å². The van der Waals surface area contributed by atoms with Gasteiger partial charge in [-0.3, -0.25) is 4.79 Å². The summed E-state index contributed by atoms with van der Waals surface area (Å²) in [4.78, 5) is 10.4. The zero-order valence-corrected chi connectivity index (χ0v) is 15.3. The smallest absolute Gasteiger partial charge is 0.303 e. The fourth-order valence-electron chi connectivity index (χ4n) is 2.95. The molecule has 2 heteroatoms. The minimum atomic E-state index is -0.671. The molecular formula is C22H34O2. The van der Waals surface area contributed by atoms with E-state index < -0.39 is 5.97 Å². The monoisotopic (exact) mass is 330 g/mol. The van der Waals surface area contributed by atoms with Crippen molar-refractivity contribution in [3.63, 3.8) is 0 Å². The molecule has 0 atom stereocenters. The lowest BCUT2D eigenvalue weighted by molar-refractivity contribution is -0.137. The highest BCUT2D eigenvalue weighted by Crippen LogP contribution is 2.15. The predicted molar refractivity (Wildman–Crippen MR) is 103 cm³/mol. The van der Waals surface area contributed by atoms with E-state index in [2.05, 4.69) is 43.3 Å². The Labute approximate surface area is 148 Å². The molecule has 0 saturated heterocycles. The second-order valence-electron chi connectivity index (χ2n) is 6.61. The van der Waals surface area contributed by atoms with Crippen molar-refractivity contribution in [3.05, 3.63) is 41.5 Å². The molecule has 1 aromatic rings. The molecule has 0 aliphatic heterocycles. The van der Waals surface area contributed by atoms with Gasteiger partial charge in [0.05, 0.1) is 0 Å². The summed E-state index contributed by atoms with van der Waals surface area (Å²) in [5.41, 5.74) is 2.85. The standard InChI is InChI=1S/C22H34O2/c1-2-3-10-15-20-17-13-14-18-21(20)16-11-8-6-4-5-7-9-12-19-22(23)24/h11,13-14,16-18H,2-10,12,15,19H2,1H3,(H,23,24). The summed E-state index contributed by atoms with van der Waals surface area (Å²) < 4.78 is 0. The minimum Gasteiger partial charge on any atom is -0.481 e. The molecule has 1 rings (SSSR count). The third-order valence-electron chi connectivity index (χ3n) is 4.41. The molecule has 0 spiro atoms. The van der Waals surface area contributed by atoms with E-state index in [0.717, 1.165) is 25.7 Å². The van der Waals surface area contributed by atoms with Crippen LogP contribution >= 0.6 is 0 Å². The Morgan fingerprint density at radius 3 is 2.42 bits per heavy atom. The maximum atomic E-state index is 10.4. The average Bonchev–Trinajstić information content (AvgIpc) is 2.57. The first kappa shape index (κ1) is 20.5. The molecule has 0 saturated carbocycles. The van der Waals surface area contributed by atoms with Crippen molar-refractivity contribution < 1.29 is 9.90 Å². The Morgan fingerprint density at radius 2 is 1.67 bits per heavy atom. The molecule has 0 bridgehead atoms. The van der Waals surface area contributed by atoms with Crippen molar-refractivity contribution >= 4 is 12.0 Å². The van der Waals surface area contributed by atoms with Gasteiger partial charge >= 0.3 is 5.97 Å². The van der Waals surface area contributed by atoms with Crippen molar-refractivity contribution in [2.24, 2.45) is 0 Å². The van der Waals surface area contributed by atoms with Crippen LogP contribution in [0.15, 0.2) is 30.3 Å². The summed E-state index contributed by atoms with van der Waals surface area (Å²) in [6.07, 6.45) is 17.8. The highest BCUT2D eigenvalue weighted by molar-refractivity contribution is 5.66. The first-order valence-electron chi connectivity index (χ1n) is 9.70. The van der Waals surface area contributed by atoms with E-state index in [1.165, 1.54) is 56.1 Å². The topological polar surface area (TPSA) is 37.3 Å². The molecule has 0 radical (unpaired) electrons. The fraction of sp³-hybridized carbons (Fsp3) is 0.591. The van der Waals surface area contributed by atoms with E-state index in [1.54, 1.807) is 0 Å². The lowest BCUT2D eigenvalue weighted by Gasteiger charge is -2.05. The summed E-state index contributed by atoms with van der Waals surface area (Å²) in [7, 11) is 0. The van der Waals surface area contributed by atoms with Crippen LogP contribution in [-0.4, -0.2) is 11.1 Å². The van der Waals surface area contributed by atoms with Gasteiger partial charge in [-0.2, -0.15) is 0 Å². The molecule has 1 N–H and O–H groups in total. The van der Waals surface area contributed by atoms with E-state index in [0.29, 0.717) is 6.42 Å². The Hall–Kier alpha value is -1.57.